The van der Waals surface area contributed by atoms with Crippen molar-refractivity contribution in [3.8, 4) is 11.8 Å². The molecule has 0 saturated carbocycles. The van der Waals surface area contributed by atoms with Gasteiger partial charge in [0.2, 0.25) is 16.0 Å². The van der Waals surface area contributed by atoms with Crippen molar-refractivity contribution in [3.63, 3.8) is 0 Å². The first-order chi connectivity index (χ1) is 13.9. The number of nitrogens with one attached hydrogen (secondary N) is 2. The molecule has 0 spiro atoms. The maximum absolute atomic E-state index is 12.9. The summed E-state index contributed by atoms with van der Waals surface area (Å²) in [6.45, 7) is 2.32. The van der Waals surface area contributed by atoms with E-state index in [1.807, 2.05) is 13.1 Å². The summed E-state index contributed by atoms with van der Waals surface area (Å²) in [6.07, 6.45) is 0. The second kappa shape index (κ2) is 7.36. The van der Waals surface area contributed by atoms with Crippen molar-refractivity contribution in [2.45, 2.75) is 4.90 Å². The van der Waals surface area contributed by atoms with Crippen LogP contribution in [-0.2, 0) is 10.0 Å². The van der Waals surface area contributed by atoms with Crippen molar-refractivity contribution >= 4 is 32.7 Å². The highest BCUT2D eigenvalue weighted by Gasteiger charge is 2.27. The number of H-pyrrole nitrogens is 1. The highest BCUT2D eigenvalue weighted by atomic mass is 32.2. The third-order valence-corrected chi connectivity index (χ3v) is 6.83. The van der Waals surface area contributed by atoms with Crippen LogP contribution in [0.3, 0.4) is 0 Å². The molecule has 1 saturated heterocycles. The molecule has 0 aliphatic carbocycles. The molecule has 10 heteroatoms. The Morgan fingerprint density at radius 2 is 1.93 bits per heavy atom. The first kappa shape index (κ1) is 19.2. The number of aromatic nitrogens is 2. The van der Waals surface area contributed by atoms with E-state index in [0.29, 0.717) is 54.4 Å². The second-order valence-corrected chi connectivity index (χ2v) is 8.88. The topological polar surface area (TPSA) is 125 Å². The van der Waals surface area contributed by atoms with Gasteiger partial charge in [-0.25, -0.2) is 13.4 Å². The van der Waals surface area contributed by atoms with Crippen LogP contribution in [0, 0.1) is 11.3 Å². The minimum Gasteiger partial charge on any atom is -0.506 e. The first-order valence-electron chi connectivity index (χ1n) is 9.05. The molecule has 0 unspecified atom stereocenters. The molecule has 1 aliphatic rings. The summed E-state index contributed by atoms with van der Waals surface area (Å²) in [5.41, 5.74) is 1.86. The van der Waals surface area contributed by atoms with E-state index in [0.717, 1.165) is 0 Å². The van der Waals surface area contributed by atoms with Crippen LogP contribution in [0.1, 0.15) is 5.56 Å². The highest BCUT2D eigenvalue weighted by Crippen LogP contribution is 2.28. The Morgan fingerprint density at radius 3 is 2.66 bits per heavy atom. The maximum Gasteiger partial charge on any atom is 0.243 e. The van der Waals surface area contributed by atoms with Gasteiger partial charge < -0.3 is 20.3 Å². The molecule has 0 radical (unpaired) electrons. The lowest BCUT2D eigenvalue weighted by molar-refractivity contribution is 0.222. The average Bonchev–Trinajstić information content (AvgIpc) is 3.11. The number of piperazine rings is 1. The molecule has 4 rings (SSSR count). The average molecular weight is 412 g/mol. The first-order valence-corrected chi connectivity index (χ1v) is 10.5. The fourth-order valence-electron chi connectivity index (χ4n) is 3.22. The molecule has 3 N–H and O–H groups in total. The van der Waals surface area contributed by atoms with Crippen LogP contribution < -0.4 is 5.32 Å². The number of rotatable bonds is 4. The van der Waals surface area contributed by atoms with Crippen molar-refractivity contribution in [1.29, 1.82) is 5.26 Å². The van der Waals surface area contributed by atoms with Gasteiger partial charge in [0.1, 0.15) is 5.75 Å². The number of likely N-dealkylation sites (N-methyl/N-ethyl adjacent to an activating group) is 1. The number of fused-ring (bicyclic) bond motifs is 1. The SMILES string of the molecule is CN1CCN(S(=O)(=O)c2ccc3nc(Nc4cc(C#N)ccc4O)[nH]c3c2)CC1. The molecule has 2 aromatic carbocycles. The van der Waals surface area contributed by atoms with E-state index in [2.05, 4.69) is 20.2 Å². The Hall–Kier alpha value is -3.13. The number of imidazole rings is 1. The summed E-state index contributed by atoms with van der Waals surface area (Å²) in [7, 11) is -1.61. The molecule has 29 heavy (non-hydrogen) atoms. The van der Waals surface area contributed by atoms with E-state index in [-0.39, 0.29) is 10.6 Å². The molecule has 1 aromatic heterocycles. The third-order valence-electron chi connectivity index (χ3n) is 4.93. The number of phenols is 1. The largest absolute Gasteiger partial charge is 0.506 e. The number of nitrogens with zero attached hydrogens (tertiary/aromatic N) is 4. The molecule has 0 atom stereocenters. The lowest BCUT2D eigenvalue weighted by Gasteiger charge is -2.31. The Labute approximate surface area is 168 Å². The molecular weight excluding hydrogens is 392 g/mol. The number of hydrogen-bond donors (Lipinski definition) is 3. The van der Waals surface area contributed by atoms with Gasteiger partial charge in [0.05, 0.1) is 33.2 Å². The minimum atomic E-state index is -3.58. The monoisotopic (exact) mass is 412 g/mol. The van der Waals surface area contributed by atoms with Gasteiger partial charge in [-0.2, -0.15) is 9.57 Å². The summed E-state index contributed by atoms with van der Waals surface area (Å²) in [6, 6.07) is 11.2. The molecule has 2 heterocycles. The lowest BCUT2D eigenvalue weighted by atomic mass is 10.2. The molecule has 9 nitrogen and oxygen atoms in total. The fourth-order valence-corrected chi connectivity index (χ4v) is 4.67. The van der Waals surface area contributed by atoms with Crippen molar-refractivity contribution in [2.24, 2.45) is 0 Å². The van der Waals surface area contributed by atoms with E-state index < -0.39 is 10.0 Å². The molecule has 1 fully saturated rings. The van der Waals surface area contributed by atoms with E-state index in [1.54, 1.807) is 18.2 Å². The van der Waals surface area contributed by atoms with E-state index in [1.165, 1.54) is 22.5 Å². The fraction of sp³-hybridized carbons (Fsp3) is 0.263. The van der Waals surface area contributed by atoms with Gasteiger partial charge in [0, 0.05) is 26.2 Å². The summed E-state index contributed by atoms with van der Waals surface area (Å²) in [5.74, 6) is 0.308. The van der Waals surface area contributed by atoms with Crippen LogP contribution in [0.15, 0.2) is 41.3 Å². The summed E-state index contributed by atoms with van der Waals surface area (Å²) >= 11 is 0. The van der Waals surface area contributed by atoms with Crippen LogP contribution in [0.4, 0.5) is 11.6 Å². The quantitative estimate of drug-likeness (QED) is 0.558. The zero-order chi connectivity index (χ0) is 20.6. The van der Waals surface area contributed by atoms with E-state index >= 15 is 0 Å². The number of aromatic amines is 1. The summed E-state index contributed by atoms with van der Waals surface area (Å²) in [4.78, 5) is 9.70. The third kappa shape index (κ3) is 3.75. The number of benzene rings is 2. The summed E-state index contributed by atoms with van der Waals surface area (Å²) in [5, 5.41) is 21.9. The highest BCUT2D eigenvalue weighted by molar-refractivity contribution is 7.89. The zero-order valence-corrected chi connectivity index (χ0v) is 16.6. The number of sulfonamides is 1. The van der Waals surface area contributed by atoms with Gasteiger partial charge >= 0.3 is 0 Å². The van der Waals surface area contributed by atoms with Crippen LogP contribution in [-0.4, -0.2) is 65.9 Å². The van der Waals surface area contributed by atoms with Gasteiger partial charge in [-0.15, -0.1) is 0 Å². The van der Waals surface area contributed by atoms with Gasteiger partial charge in [0.15, 0.2) is 0 Å². The Balaban J connectivity index is 1.62. The number of anilines is 2. The molecule has 0 bridgehead atoms. The van der Waals surface area contributed by atoms with Gasteiger partial charge in [0.25, 0.3) is 0 Å². The predicted molar refractivity (Wildman–Crippen MR) is 108 cm³/mol. The van der Waals surface area contributed by atoms with Crippen molar-refractivity contribution in [2.75, 3.05) is 38.5 Å². The normalized spacial score (nSPS) is 16.0. The maximum atomic E-state index is 12.9. The number of phenolic OH excluding ortho intramolecular Hbond substituents is 1. The van der Waals surface area contributed by atoms with Crippen molar-refractivity contribution in [3.05, 3.63) is 42.0 Å². The molecule has 3 aromatic rings. The van der Waals surface area contributed by atoms with Gasteiger partial charge in [-0.3, -0.25) is 0 Å². The lowest BCUT2D eigenvalue weighted by Crippen LogP contribution is -2.46. The Bertz CT molecular complexity index is 1210. The Morgan fingerprint density at radius 1 is 1.17 bits per heavy atom. The van der Waals surface area contributed by atoms with Crippen molar-refractivity contribution in [1.82, 2.24) is 19.2 Å². The second-order valence-electron chi connectivity index (χ2n) is 6.94. The van der Waals surface area contributed by atoms with Crippen molar-refractivity contribution < 1.29 is 13.5 Å². The van der Waals surface area contributed by atoms with Crippen LogP contribution in [0.25, 0.3) is 11.0 Å². The number of nitriles is 1. The smallest absolute Gasteiger partial charge is 0.243 e. The molecule has 0 amide bonds. The summed E-state index contributed by atoms with van der Waals surface area (Å²) < 4.78 is 27.4. The van der Waals surface area contributed by atoms with Crippen LogP contribution in [0.5, 0.6) is 5.75 Å². The van der Waals surface area contributed by atoms with Gasteiger partial charge in [-0.05, 0) is 43.4 Å². The Kier molecular flexibility index (Phi) is 4.87. The van der Waals surface area contributed by atoms with Gasteiger partial charge in [-0.1, -0.05) is 0 Å². The van der Waals surface area contributed by atoms with E-state index in [9.17, 15) is 13.5 Å². The van der Waals surface area contributed by atoms with Crippen LogP contribution in [0.2, 0.25) is 0 Å². The molecule has 150 valence electrons. The van der Waals surface area contributed by atoms with E-state index in [4.69, 9.17) is 5.26 Å². The van der Waals surface area contributed by atoms with Crippen LogP contribution >= 0.6 is 0 Å². The molecule has 1 aliphatic heterocycles. The number of aromatic hydroxyl groups is 1. The zero-order valence-electron chi connectivity index (χ0n) is 15.8. The minimum absolute atomic E-state index is 0.0252. The molecular formula is C19H20N6O3S. The predicted octanol–water partition coefficient (Wildman–Crippen LogP) is 1.82. The number of hydrogen-bond acceptors (Lipinski definition) is 7. The standard InChI is InChI=1S/C19H20N6O3S/c1-24-6-8-25(9-7-24)29(27,28)14-3-4-15-16(11-14)22-19(21-15)23-17-10-13(12-20)2-5-18(17)26/h2-5,10-11,26H,6-9H2,1H3,(H2,21,22,23).